The molecule has 0 aliphatic heterocycles. The van der Waals surface area contributed by atoms with E-state index >= 15 is 0 Å². The molecule has 1 aromatic heterocycles. The summed E-state index contributed by atoms with van der Waals surface area (Å²) < 4.78 is 19.1. The van der Waals surface area contributed by atoms with E-state index < -0.39 is 0 Å². The Labute approximate surface area is 118 Å². The van der Waals surface area contributed by atoms with Gasteiger partial charge in [0.25, 0.3) is 0 Å². The Kier molecular flexibility index (Phi) is 3.76. The lowest BCUT2D eigenvalue weighted by Gasteiger charge is -2.20. The van der Waals surface area contributed by atoms with Crippen molar-refractivity contribution in [1.82, 2.24) is 5.43 Å². The molecule has 0 saturated heterocycles. The second-order valence-electron chi connectivity index (χ2n) is 5.82. The minimum atomic E-state index is -0.242. The van der Waals surface area contributed by atoms with E-state index in [2.05, 4.69) is 12.3 Å². The highest BCUT2D eigenvalue weighted by Crippen LogP contribution is 2.41. The second-order valence-corrected chi connectivity index (χ2v) is 5.82. The largest absolute Gasteiger partial charge is 0.459 e. The van der Waals surface area contributed by atoms with Crippen LogP contribution in [0, 0.1) is 17.7 Å². The van der Waals surface area contributed by atoms with Crippen molar-refractivity contribution in [2.45, 2.75) is 38.6 Å². The van der Waals surface area contributed by atoms with Gasteiger partial charge in [-0.05, 0) is 48.9 Å². The first-order valence-corrected chi connectivity index (χ1v) is 7.36. The zero-order valence-electron chi connectivity index (χ0n) is 11.7. The maximum atomic E-state index is 13.2. The highest BCUT2D eigenvalue weighted by molar-refractivity contribution is 5.78. The summed E-state index contributed by atoms with van der Waals surface area (Å²) in [4.78, 5) is 0. The fraction of sp³-hybridized carbons (Fsp3) is 0.500. The zero-order valence-corrected chi connectivity index (χ0v) is 11.7. The maximum Gasteiger partial charge on any atom is 0.134 e. The van der Waals surface area contributed by atoms with Crippen molar-refractivity contribution in [1.29, 1.82) is 0 Å². The molecule has 1 aromatic carbocycles. The van der Waals surface area contributed by atoms with Gasteiger partial charge in [-0.1, -0.05) is 19.8 Å². The van der Waals surface area contributed by atoms with Crippen LogP contribution in [0.5, 0.6) is 0 Å². The lowest BCUT2D eigenvalue weighted by atomic mass is 9.94. The first-order valence-electron chi connectivity index (χ1n) is 7.36. The molecule has 108 valence electrons. The third-order valence-corrected chi connectivity index (χ3v) is 4.61. The van der Waals surface area contributed by atoms with Crippen LogP contribution in [0.25, 0.3) is 11.0 Å². The molecule has 0 amide bonds. The predicted molar refractivity (Wildman–Crippen MR) is 77.4 cm³/mol. The number of hydrogen-bond acceptors (Lipinski definition) is 3. The van der Waals surface area contributed by atoms with Gasteiger partial charge in [0.05, 0.1) is 6.04 Å². The van der Waals surface area contributed by atoms with E-state index in [0.29, 0.717) is 11.5 Å². The molecule has 3 N–H and O–H groups in total. The molecule has 1 aliphatic rings. The van der Waals surface area contributed by atoms with Gasteiger partial charge < -0.3 is 4.42 Å². The van der Waals surface area contributed by atoms with Crippen LogP contribution < -0.4 is 11.3 Å². The Bertz CT molecular complexity index is 595. The van der Waals surface area contributed by atoms with E-state index in [0.717, 1.165) is 17.1 Å². The van der Waals surface area contributed by atoms with Crippen molar-refractivity contribution < 1.29 is 8.81 Å². The maximum absolute atomic E-state index is 13.2. The van der Waals surface area contributed by atoms with E-state index in [1.54, 1.807) is 6.07 Å². The van der Waals surface area contributed by atoms with Crippen LogP contribution in [0.1, 0.15) is 44.4 Å². The molecule has 1 fully saturated rings. The Balaban J connectivity index is 1.87. The number of nitrogens with one attached hydrogen (secondary N) is 1. The SMILES string of the molecule is CCC1CCC(C(NN)c2cc3cc(F)ccc3o2)C1. The van der Waals surface area contributed by atoms with Gasteiger partial charge in [-0.25, -0.2) is 9.82 Å². The molecular formula is C16H21FN2O. The molecule has 0 bridgehead atoms. The summed E-state index contributed by atoms with van der Waals surface area (Å²) in [5.41, 5.74) is 3.61. The minimum Gasteiger partial charge on any atom is -0.459 e. The van der Waals surface area contributed by atoms with Crippen molar-refractivity contribution in [2.24, 2.45) is 17.7 Å². The fourth-order valence-corrected chi connectivity index (χ4v) is 3.43. The molecule has 3 nitrogen and oxygen atoms in total. The number of hydrogen-bond donors (Lipinski definition) is 2. The molecule has 2 aromatic rings. The number of nitrogens with two attached hydrogens (primary N) is 1. The van der Waals surface area contributed by atoms with Crippen LogP contribution in [0.4, 0.5) is 4.39 Å². The number of benzene rings is 1. The van der Waals surface area contributed by atoms with Crippen LogP contribution >= 0.6 is 0 Å². The molecule has 1 heterocycles. The van der Waals surface area contributed by atoms with Crippen molar-refractivity contribution in [2.75, 3.05) is 0 Å². The third-order valence-electron chi connectivity index (χ3n) is 4.61. The summed E-state index contributed by atoms with van der Waals surface area (Å²) in [5, 5.41) is 0.797. The summed E-state index contributed by atoms with van der Waals surface area (Å²) >= 11 is 0. The van der Waals surface area contributed by atoms with Gasteiger partial charge in [0, 0.05) is 5.39 Å². The Morgan fingerprint density at radius 3 is 2.95 bits per heavy atom. The number of rotatable bonds is 4. The number of fused-ring (bicyclic) bond motifs is 1. The average Bonchev–Trinajstić information content (AvgIpc) is 3.06. The lowest BCUT2D eigenvalue weighted by molar-refractivity contribution is 0.314. The first kappa shape index (κ1) is 13.6. The molecule has 1 saturated carbocycles. The predicted octanol–water partition coefficient (Wildman–Crippen LogP) is 3.90. The summed E-state index contributed by atoms with van der Waals surface area (Å²) in [5.74, 6) is 7.60. The van der Waals surface area contributed by atoms with Gasteiger partial charge in [-0.3, -0.25) is 5.84 Å². The molecule has 20 heavy (non-hydrogen) atoms. The van der Waals surface area contributed by atoms with Gasteiger partial charge in [0.1, 0.15) is 17.2 Å². The van der Waals surface area contributed by atoms with Crippen molar-refractivity contribution in [3.63, 3.8) is 0 Å². The quantitative estimate of drug-likeness (QED) is 0.657. The molecule has 1 aliphatic carbocycles. The molecule has 4 heteroatoms. The highest BCUT2D eigenvalue weighted by Gasteiger charge is 2.32. The molecule has 0 radical (unpaired) electrons. The van der Waals surface area contributed by atoms with Gasteiger partial charge >= 0.3 is 0 Å². The van der Waals surface area contributed by atoms with E-state index in [1.807, 2.05) is 6.07 Å². The molecule has 0 spiro atoms. The number of furan rings is 1. The van der Waals surface area contributed by atoms with E-state index in [4.69, 9.17) is 10.3 Å². The van der Waals surface area contributed by atoms with Gasteiger partial charge in [0.15, 0.2) is 0 Å². The number of hydrazine groups is 1. The molecule has 3 rings (SSSR count). The Morgan fingerprint density at radius 2 is 2.25 bits per heavy atom. The lowest BCUT2D eigenvalue weighted by Crippen LogP contribution is -2.32. The van der Waals surface area contributed by atoms with Gasteiger partial charge in [-0.15, -0.1) is 0 Å². The summed E-state index contributed by atoms with van der Waals surface area (Å²) in [7, 11) is 0. The standard InChI is InChI=1S/C16H21FN2O/c1-2-10-3-4-11(7-10)16(19-18)15-9-12-8-13(17)5-6-14(12)20-15/h5-6,8-11,16,19H,2-4,7,18H2,1H3. The monoisotopic (exact) mass is 276 g/mol. The van der Waals surface area contributed by atoms with E-state index in [-0.39, 0.29) is 11.9 Å². The van der Waals surface area contributed by atoms with Crippen molar-refractivity contribution in [3.05, 3.63) is 35.8 Å². The van der Waals surface area contributed by atoms with Crippen LogP contribution in [-0.4, -0.2) is 0 Å². The molecule has 3 unspecified atom stereocenters. The first-order chi connectivity index (χ1) is 9.71. The third kappa shape index (κ3) is 2.45. The highest BCUT2D eigenvalue weighted by atomic mass is 19.1. The van der Waals surface area contributed by atoms with Crippen LogP contribution in [0.2, 0.25) is 0 Å². The van der Waals surface area contributed by atoms with Crippen molar-refractivity contribution >= 4 is 11.0 Å². The van der Waals surface area contributed by atoms with Gasteiger partial charge in [-0.2, -0.15) is 0 Å². The normalized spacial score (nSPS) is 24.4. The topological polar surface area (TPSA) is 51.2 Å². The number of halogens is 1. The minimum absolute atomic E-state index is 0.0158. The molecule has 3 atom stereocenters. The van der Waals surface area contributed by atoms with Crippen LogP contribution in [0.15, 0.2) is 28.7 Å². The van der Waals surface area contributed by atoms with E-state index in [1.165, 1.54) is 37.8 Å². The van der Waals surface area contributed by atoms with Crippen LogP contribution in [0.3, 0.4) is 0 Å². The van der Waals surface area contributed by atoms with E-state index in [9.17, 15) is 4.39 Å². The Morgan fingerprint density at radius 1 is 1.40 bits per heavy atom. The summed E-state index contributed by atoms with van der Waals surface area (Å²) in [6, 6.07) is 6.51. The average molecular weight is 276 g/mol. The van der Waals surface area contributed by atoms with Crippen LogP contribution in [-0.2, 0) is 0 Å². The summed E-state index contributed by atoms with van der Waals surface area (Å²) in [6.45, 7) is 2.24. The summed E-state index contributed by atoms with van der Waals surface area (Å²) in [6.07, 6.45) is 4.82. The fourth-order valence-electron chi connectivity index (χ4n) is 3.43. The van der Waals surface area contributed by atoms with Crippen molar-refractivity contribution in [3.8, 4) is 0 Å². The Hall–Kier alpha value is -1.39. The molecular weight excluding hydrogens is 255 g/mol. The van der Waals surface area contributed by atoms with Gasteiger partial charge in [0.2, 0.25) is 0 Å². The zero-order chi connectivity index (χ0) is 14.1. The smallest absolute Gasteiger partial charge is 0.134 e. The second kappa shape index (κ2) is 5.54.